The summed E-state index contributed by atoms with van der Waals surface area (Å²) in [7, 11) is 0. The third-order valence-electron chi connectivity index (χ3n) is 1.79. The van der Waals surface area contributed by atoms with Gasteiger partial charge in [-0.25, -0.2) is 0 Å². The molecule has 0 spiro atoms. The van der Waals surface area contributed by atoms with E-state index in [1.807, 2.05) is 0 Å². The van der Waals surface area contributed by atoms with Crippen molar-refractivity contribution in [2.45, 2.75) is 25.9 Å². The fraction of sp³-hybridized carbons (Fsp3) is 0.857. The lowest BCUT2D eigenvalue weighted by Gasteiger charge is -2.31. The van der Waals surface area contributed by atoms with Gasteiger partial charge in [0.05, 0.1) is 6.10 Å². The smallest absolute Gasteiger partial charge is 0.243 e. The molecule has 0 atom stereocenters. The highest BCUT2D eigenvalue weighted by Crippen LogP contribution is 2.28. The first kappa shape index (κ1) is 7.54. The molecule has 0 radical (unpaired) electrons. The van der Waals surface area contributed by atoms with Crippen LogP contribution in [0.4, 0.5) is 0 Å². The van der Waals surface area contributed by atoms with E-state index in [9.17, 15) is 4.79 Å². The molecule has 0 aliphatic heterocycles. The van der Waals surface area contributed by atoms with E-state index in [4.69, 9.17) is 10.5 Å². The van der Waals surface area contributed by atoms with E-state index in [2.05, 4.69) is 6.92 Å². The van der Waals surface area contributed by atoms with Crippen LogP contribution in [0.5, 0.6) is 0 Å². The van der Waals surface area contributed by atoms with Crippen LogP contribution in [-0.4, -0.2) is 18.6 Å². The highest BCUT2D eigenvalue weighted by molar-refractivity contribution is 5.75. The van der Waals surface area contributed by atoms with Gasteiger partial charge in [0.25, 0.3) is 0 Å². The zero-order chi connectivity index (χ0) is 7.56. The number of amides is 1. The average molecular weight is 143 g/mol. The largest absolute Gasteiger partial charge is 0.368 e. The molecule has 1 aliphatic rings. The highest BCUT2D eigenvalue weighted by atomic mass is 16.5. The van der Waals surface area contributed by atoms with Gasteiger partial charge in [-0.1, -0.05) is 6.92 Å². The van der Waals surface area contributed by atoms with Gasteiger partial charge in [0.15, 0.2) is 0 Å². The summed E-state index contributed by atoms with van der Waals surface area (Å²) in [6.07, 6.45) is 2.45. The topological polar surface area (TPSA) is 52.3 Å². The van der Waals surface area contributed by atoms with Crippen molar-refractivity contribution in [1.82, 2.24) is 0 Å². The number of nitrogens with two attached hydrogens (primary N) is 1. The maximum atomic E-state index is 10.2. The summed E-state index contributed by atoms with van der Waals surface area (Å²) in [4.78, 5) is 10.2. The zero-order valence-corrected chi connectivity index (χ0v) is 6.17. The first-order chi connectivity index (χ1) is 4.68. The maximum absolute atomic E-state index is 10.2. The standard InChI is InChI=1S/C7H13NO2/c1-5-2-6(3-5)10-4-7(8)9/h5-6H,2-4H2,1H3,(H2,8,9). The lowest BCUT2D eigenvalue weighted by Crippen LogP contribution is -2.32. The third-order valence-corrected chi connectivity index (χ3v) is 1.79. The number of primary amides is 1. The number of ether oxygens (including phenoxy) is 1. The van der Waals surface area contributed by atoms with Crippen LogP contribution >= 0.6 is 0 Å². The van der Waals surface area contributed by atoms with Crippen molar-refractivity contribution >= 4 is 5.91 Å². The van der Waals surface area contributed by atoms with Crippen LogP contribution < -0.4 is 5.73 Å². The molecule has 1 fully saturated rings. The summed E-state index contributed by atoms with van der Waals surface area (Å²) in [6, 6.07) is 0. The number of hydrogen-bond acceptors (Lipinski definition) is 2. The second kappa shape index (κ2) is 3.01. The highest BCUT2D eigenvalue weighted by Gasteiger charge is 2.25. The molecule has 0 saturated heterocycles. The van der Waals surface area contributed by atoms with E-state index < -0.39 is 0 Å². The Morgan fingerprint density at radius 2 is 2.30 bits per heavy atom. The summed E-state index contributed by atoms with van der Waals surface area (Å²) in [5, 5.41) is 0. The number of hydrogen-bond donors (Lipinski definition) is 1. The van der Waals surface area contributed by atoms with Gasteiger partial charge >= 0.3 is 0 Å². The van der Waals surface area contributed by atoms with E-state index in [1.165, 1.54) is 0 Å². The van der Waals surface area contributed by atoms with Crippen LogP contribution in [0.2, 0.25) is 0 Å². The summed E-state index contributed by atoms with van der Waals surface area (Å²) >= 11 is 0. The monoisotopic (exact) mass is 143 g/mol. The van der Waals surface area contributed by atoms with Crippen molar-refractivity contribution in [3.05, 3.63) is 0 Å². The lowest BCUT2D eigenvalue weighted by molar-refractivity contribution is -0.127. The first-order valence-corrected chi connectivity index (χ1v) is 3.58. The Balaban J connectivity index is 2.00. The molecule has 2 N–H and O–H groups in total. The minimum absolute atomic E-state index is 0.0807. The fourth-order valence-corrected chi connectivity index (χ4v) is 1.16. The normalized spacial score (nSPS) is 31.3. The van der Waals surface area contributed by atoms with Gasteiger partial charge in [0.2, 0.25) is 5.91 Å². The van der Waals surface area contributed by atoms with Gasteiger partial charge in [0, 0.05) is 0 Å². The predicted octanol–water partition coefficient (Wildman–Crippen LogP) is 0.287. The molecular weight excluding hydrogens is 130 g/mol. The van der Waals surface area contributed by atoms with Crippen LogP contribution in [0.15, 0.2) is 0 Å². The van der Waals surface area contributed by atoms with Gasteiger partial charge in [-0.3, -0.25) is 4.79 Å². The van der Waals surface area contributed by atoms with Crippen molar-refractivity contribution in [1.29, 1.82) is 0 Å². The second-order valence-corrected chi connectivity index (χ2v) is 2.98. The molecule has 1 aliphatic carbocycles. The van der Waals surface area contributed by atoms with Crippen molar-refractivity contribution < 1.29 is 9.53 Å². The Morgan fingerprint density at radius 3 is 2.70 bits per heavy atom. The van der Waals surface area contributed by atoms with Gasteiger partial charge < -0.3 is 10.5 Å². The third kappa shape index (κ3) is 1.99. The molecule has 0 heterocycles. The van der Waals surface area contributed by atoms with E-state index in [0.717, 1.165) is 18.8 Å². The van der Waals surface area contributed by atoms with E-state index >= 15 is 0 Å². The van der Waals surface area contributed by atoms with Crippen molar-refractivity contribution in [3.8, 4) is 0 Å². The Hall–Kier alpha value is -0.570. The quantitative estimate of drug-likeness (QED) is 0.617. The maximum Gasteiger partial charge on any atom is 0.243 e. The molecule has 0 aromatic heterocycles. The summed E-state index contributed by atoms with van der Waals surface area (Å²) < 4.78 is 5.14. The van der Waals surface area contributed by atoms with Crippen LogP contribution in [0.25, 0.3) is 0 Å². The summed E-state index contributed by atoms with van der Waals surface area (Å²) in [5.74, 6) is 0.387. The molecule has 0 aromatic carbocycles. The molecule has 1 saturated carbocycles. The molecule has 58 valence electrons. The van der Waals surface area contributed by atoms with Crippen LogP contribution in [0.3, 0.4) is 0 Å². The Kier molecular flexibility index (Phi) is 2.27. The summed E-state index contributed by atoms with van der Waals surface area (Å²) in [5.41, 5.74) is 4.89. The molecular formula is C7H13NO2. The molecule has 3 heteroatoms. The predicted molar refractivity (Wildman–Crippen MR) is 37.3 cm³/mol. The second-order valence-electron chi connectivity index (χ2n) is 2.98. The Bertz CT molecular complexity index is 130. The van der Waals surface area contributed by atoms with Crippen molar-refractivity contribution in [2.75, 3.05) is 6.61 Å². The molecule has 3 nitrogen and oxygen atoms in total. The first-order valence-electron chi connectivity index (χ1n) is 3.58. The van der Waals surface area contributed by atoms with Crippen LogP contribution in [0.1, 0.15) is 19.8 Å². The molecule has 1 amide bonds. The minimum atomic E-state index is -0.375. The van der Waals surface area contributed by atoms with Crippen molar-refractivity contribution in [3.63, 3.8) is 0 Å². The number of carbonyl (C=O) groups excluding carboxylic acids is 1. The fourth-order valence-electron chi connectivity index (χ4n) is 1.16. The molecule has 10 heavy (non-hydrogen) atoms. The zero-order valence-electron chi connectivity index (χ0n) is 6.17. The molecule has 0 unspecified atom stereocenters. The average Bonchev–Trinajstić information content (AvgIpc) is 1.77. The molecule has 0 aromatic rings. The minimum Gasteiger partial charge on any atom is -0.368 e. The van der Waals surface area contributed by atoms with Gasteiger partial charge in [-0.15, -0.1) is 0 Å². The van der Waals surface area contributed by atoms with Crippen molar-refractivity contribution in [2.24, 2.45) is 11.7 Å². The molecule has 1 rings (SSSR count). The van der Waals surface area contributed by atoms with Gasteiger partial charge in [-0.2, -0.15) is 0 Å². The lowest BCUT2D eigenvalue weighted by atomic mass is 9.84. The van der Waals surface area contributed by atoms with Crippen LogP contribution in [-0.2, 0) is 9.53 Å². The van der Waals surface area contributed by atoms with E-state index in [0.29, 0.717) is 6.10 Å². The Labute approximate surface area is 60.5 Å². The van der Waals surface area contributed by atoms with Gasteiger partial charge in [-0.05, 0) is 18.8 Å². The van der Waals surface area contributed by atoms with Crippen LogP contribution in [0, 0.1) is 5.92 Å². The number of rotatable bonds is 3. The SMILES string of the molecule is CC1CC(OCC(N)=O)C1. The molecule has 0 bridgehead atoms. The number of carbonyl (C=O) groups is 1. The van der Waals surface area contributed by atoms with Gasteiger partial charge in [0.1, 0.15) is 6.61 Å². The van der Waals surface area contributed by atoms with E-state index in [-0.39, 0.29) is 12.5 Å². The summed E-state index contributed by atoms with van der Waals surface area (Å²) in [6.45, 7) is 2.25. The Morgan fingerprint density at radius 1 is 1.70 bits per heavy atom. The van der Waals surface area contributed by atoms with E-state index in [1.54, 1.807) is 0 Å².